The van der Waals surface area contributed by atoms with Crippen LogP contribution in [0.5, 0.6) is 0 Å². The summed E-state index contributed by atoms with van der Waals surface area (Å²) in [7, 11) is 0. The smallest absolute Gasteiger partial charge is 0.189 e. The van der Waals surface area contributed by atoms with Crippen molar-refractivity contribution in [2.45, 2.75) is 12.8 Å². The average molecular weight is 281 g/mol. The van der Waals surface area contributed by atoms with Gasteiger partial charge in [0.1, 0.15) is 5.83 Å². The quantitative estimate of drug-likeness (QED) is 0.742. The van der Waals surface area contributed by atoms with Crippen molar-refractivity contribution in [2.24, 2.45) is 0 Å². The molecule has 1 aromatic carbocycles. The molecule has 1 nitrogen and oxygen atoms in total. The Balaban J connectivity index is 2.26. The Morgan fingerprint density at radius 3 is 2.69 bits per heavy atom. The van der Waals surface area contributed by atoms with Crippen molar-refractivity contribution < 1.29 is 9.18 Å². The lowest BCUT2D eigenvalue weighted by Gasteiger charge is -2.09. The van der Waals surface area contributed by atoms with E-state index in [0.717, 1.165) is 4.47 Å². The van der Waals surface area contributed by atoms with Gasteiger partial charge in [0.25, 0.3) is 0 Å². The van der Waals surface area contributed by atoms with Crippen LogP contribution in [-0.4, -0.2) is 5.78 Å². The van der Waals surface area contributed by atoms with E-state index in [1.165, 1.54) is 6.08 Å². The van der Waals surface area contributed by atoms with Gasteiger partial charge in [-0.05, 0) is 24.6 Å². The van der Waals surface area contributed by atoms with Crippen LogP contribution in [-0.2, 0) is 0 Å². The minimum atomic E-state index is -0.161. The molecular weight excluding hydrogens is 271 g/mol. The highest BCUT2D eigenvalue weighted by Crippen LogP contribution is 2.23. The molecule has 0 radical (unpaired) electrons. The molecule has 0 aliphatic heterocycles. The van der Waals surface area contributed by atoms with Gasteiger partial charge in [-0.3, -0.25) is 4.79 Å². The molecule has 0 atom stereocenters. The van der Waals surface area contributed by atoms with Crippen molar-refractivity contribution in [1.29, 1.82) is 0 Å². The molecule has 0 heterocycles. The summed E-state index contributed by atoms with van der Waals surface area (Å²) in [6, 6.07) is 7.23. The number of halogens is 2. The lowest BCUT2D eigenvalue weighted by molar-refractivity contribution is 0.103. The lowest BCUT2D eigenvalue weighted by Crippen LogP contribution is -2.05. The van der Waals surface area contributed by atoms with Crippen molar-refractivity contribution in [3.05, 3.63) is 57.9 Å². The SMILES string of the molecule is O=C(C1=CC=C(F)CC1)c1cccc(Br)c1. The minimum Gasteiger partial charge on any atom is -0.289 e. The Bertz CT molecular complexity index is 488. The van der Waals surface area contributed by atoms with Gasteiger partial charge in [0.05, 0.1) is 0 Å². The Morgan fingerprint density at radius 2 is 2.06 bits per heavy atom. The zero-order valence-corrected chi connectivity index (χ0v) is 10.1. The van der Waals surface area contributed by atoms with E-state index in [9.17, 15) is 9.18 Å². The molecule has 0 aromatic heterocycles. The molecule has 2 rings (SSSR count). The molecule has 1 aromatic rings. The number of benzene rings is 1. The van der Waals surface area contributed by atoms with E-state index >= 15 is 0 Å². The zero-order valence-electron chi connectivity index (χ0n) is 8.54. The first kappa shape index (κ1) is 11.3. The fourth-order valence-corrected chi connectivity index (χ4v) is 2.02. The number of carbonyl (C=O) groups excluding carboxylic acids is 1. The number of hydrogen-bond acceptors (Lipinski definition) is 1. The van der Waals surface area contributed by atoms with Crippen molar-refractivity contribution in [2.75, 3.05) is 0 Å². The fraction of sp³-hybridized carbons (Fsp3) is 0.154. The second kappa shape index (κ2) is 4.74. The van der Waals surface area contributed by atoms with Crippen molar-refractivity contribution in [3.63, 3.8) is 0 Å². The largest absolute Gasteiger partial charge is 0.289 e. The van der Waals surface area contributed by atoms with Crippen LogP contribution in [0.2, 0.25) is 0 Å². The highest BCUT2D eigenvalue weighted by molar-refractivity contribution is 9.10. The van der Waals surface area contributed by atoms with Crippen molar-refractivity contribution in [1.82, 2.24) is 0 Å². The van der Waals surface area contributed by atoms with Crippen LogP contribution in [0, 0.1) is 0 Å². The third-order valence-electron chi connectivity index (χ3n) is 2.48. The van der Waals surface area contributed by atoms with E-state index < -0.39 is 0 Å². The summed E-state index contributed by atoms with van der Waals surface area (Å²) >= 11 is 3.32. The molecular formula is C13H10BrFO. The summed E-state index contributed by atoms with van der Waals surface area (Å²) < 4.78 is 13.7. The third kappa shape index (κ3) is 2.47. The third-order valence-corrected chi connectivity index (χ3v) is 2.97. The molecule has 0 saturated carbocycles. The van der Waals surface area contributed by atoms with Gasteiger partial charge in [0.2, 0.25) is 0 Å². The summed E-state index contributed by atoms with van der Waals surface area (Å²) in [4.78, 5) is 12.0. The minimum absolute atomic E-state index is 0.0231. The highest BCUT2D eigenvalue weighted by Gasteiger charge is 2.15. The van der Waals surface area contributed by atoms with Crippen LogP contribution in [0.3, 0.4) is 0 Å². The van der Waals surface area contributed by atoms with E-state index in [-0.39, 0.29) is 11.6 Å². The Kier molecular flexibility index (Phi) is 3.34. The maximum atomic E-state index is 12.8. The van der Waals surface area contributed by atoms with Gasteiger partial charge in [-0.2, -0.15) is 0 Å². The first-order valence-corrected chi connectivity index (χ1v) is 5.81. The summed E-state index contributed by atoms with van der Waals surface area (Å²) in [6.45, 7) is 0. The molecule has 1 aliphatic rings. The van der Waals surface area contributed by atoms with Gasteiger partial charge in [-0.25, -0.2) is 4.39 Å². The van der Waals surface area contributed by atoms with Crippen LogP contribution in [0.4, 0.5) is 4.39 Å². The number of rotatable bonds is 2. The Morgan fingerprint density at radius 1 is 1.25 bits per heavy atom. The van der Waals surface area contributed by atoms with E-state index in [2.05, 4.69) is 15.9 Å². The molecule has 0 spiro atoms. The summed E-state index contributed by atoms with van der Waals surface area (Å²) in [5.74, 6) is -0.184. The Labute approximate surface area is 102 Å². The van der Waals surface area contributed by atoms with Gasteiger partial charge in [-0.15, -0.1) is 0 Å². The number of hydrogen-bond donors (Lipinski definition) is 0. The second-order valence-electron chi connectivity index (χ2n) is 3.64. The van der Waals surface area contributed by atoms with E-state index in [1.54, 1.807) is 18.2 Å². The predicted molar refractivity (Wildman–Crippen MR) is 65.0 cm³/mol. The van der Waals surface area contributed by atoms with Crippen LogP contribution >= 0.6 is 15.9 Å². The Hall–Kier alpha value is -1.22. The normalized spacial score (nSPS) is 15.4. The van der Waals surface area contributed by atoms with Gasteiger partial charge >= 0.3 is 0 Å². The lowest BCUT2D eigenvalue weighted by atomic mass is 9.96. The van der Waals surface area contributed by atoms with Crippen LogP contribution < -0.4 is 0 Å². The summed E-state index contributed by atoms with van der Waals surface area (Å²) in [5.41, 5.74) is 1.30. The molecule has 0 N–H and O–H groups in total. The monoisotopic (exact) mass is 280 g/mol. The first-order chi connectivity index (χ1) is 7.66. The van der Waals surface area contributed by atoms with E-state index in [1.807, 2.05) is 12.1 Å². The van der Waals surface area contributed by atoms with Gasteiger partial charge in [0.15, 0.2) is 5.78 Å². The molecule has 0 unspecified atom stereocenters. The number of carbonyl (C=O) groups is 1. The van der Waals surface area contributed by atoms with Crippen molar-refractivity contribution >= 4 is 21.7 Å². The molecule has 0 bridgehead atoms. The molecule has 16 heavy (non-hydrogen) atoms. The van der Waals surface area contributed by atoms with Crippen LogP contribution in [0.25, 0.3) is 0 Å². The van der Waals surface area contributed by atoms with Gasteiger partial charge in [-0.1, -0.05) is 34.1 Å². The fourth-order valence-electron chi connectivity index (χ4n) is 1.62. The van der Waals surface area contributed by atoms with Gasteiger partial charge < -0.3 is 0 Å². The number of allylic oxidation sites excluding steroid dienone is 4. The predicted octanol–water partition coefficient (Wildman–Crippen LogP) is 4.21. The number of ketones is 1. The summed E-state index contributed by atoms with van der Waals surface area (Å²) in [6.07, 6.45) is 3.75. The molecule has 0 saturated heterocycles. The van der Waals surface area contributed by atoms with E-state index in [0.29, 0.717) is 24.0 Å². The van der Waals surface area contributed by atoms with Crippen LogP contribution in [0.1, 0.15) is 23.2 Å². The maximum absolute atomic E-state index is 12.8. The standard InChI is InChI=1S/C13H10BrFO/c14-11-3-1-2-10(8-11)13(16)9-4-6-12(15)7-5-9/h1-4,6,8H,5,7H2. The summed E-state index contributed by atoms with van der Waals surface area (Å²) in [5, 5.41) is 0. The molecule has 0 amide bonds. The zero-order chi connectivity index (χ0) is 11.5. The second-order valence-corrected chi connectivity index (χ2v) is 4.56. The van der Waals surface area contributed by atoms with Crippen molar-refractivity contribution in [3.8, 4) is 0 Å². The first-order valence-electron chi connectivity index (χ1n) is 5.02. The molecule has 82 valence electrons. The maximum Gasteiger partial charge on any atom is 0.189 e. The van der Waals surface area contributed by atoms with Crippen LogP contribution in [0.15, 0.2) is 52.3 Å². The number of Topliss-reactive ketones (excluding diaryl/α,β-unsaturated/α-hetero) is 1. The molecule has 1 aliphatic carbocycles. The molecule has 3 heteroatoms. The van der Waals surface area contributed by atoms with Gasteiger partial charge in [0, 0.05) is 22.0 Å². The average Bonchev–Trinajstić information content (AvgIpc) is 2.29. The highest BCUT2D eigenvalue weighted by atomic mass is 79.9. The van der Waals surface area contributed by atoms with E-state index in [4.69, 9.17) is 0 Å². The molecule has 0 fully saturated rings. The topological polar surface area (TPSA) is 17.1 Å².